The van der Waals surface area contributed by atoms with Crippen LogP contribution in [0.1, 0.15) is 5.56 Å². The van der Waals surface area contributed by atoms with Gasteiger partial charge in [0.15, 0.2) is 6.61 Å². The van der Waals surface area contributed by atoms with E-state index in [0.717, 1.165) is 22.1 Å². The number of carbonyl (C=O) groups excluding carboxylic acids is 1. The number of benzene rings is 3. The summed E-state index contributed by atoms with van der Waals surface area (Å²) in [6.07, 6.45) is 0. The van der Waals surface area contributed by atoms with Gasteiger partial charge in [-0.25, -0.2) is 0 Å². The van der Waals surface area contributed by atoms with Gasteiger partial charge in [0.1, 0.15) is 5.75 Å². The Kier molecular flexibility index (Phi) is 4.57. The molecule has 1 amide bonds. The third-order valence-electron chi connectivity index (χ3n) is 3.79. The Labute approximate surface area is 136 Å². The number of rotatable bonds is 5. The molecule has 0 aromatic heterocycles. The van der Waals surface area contributed by atoms with Gasteiger partial charge in [0.2, 0.25) is 0 Å². The lowest BCUT2D eigenvalue weighted by Gasteiger charge is -2.18. The van der Waals surface area contributed by atoms with Crippen LogP contribution < -0.4 is 4.74 Å². The Bertz CT molecular complexity index is 794. The minimum Gasteiger partial charge on any atom is -0.483 e. The highest BCUT2D eigenvalue weighted by Crippen LogP contribution is 2.25. The zero-order chi connectivity index (χ0) is 16.1. The number of fused-ring (bicyclic) bond motifs is 1. The van der Waals surface area contributed by atoms with Gasteiger partial charge >= 0.3 is 0 Å². The fourth-order valence-corrected chi connectivity index (χ4v) is 2.52. The van der Waals surface area contributed by atoms with Crippen LogP contribution in [0, 0.1) is 0 Å². The van der Waals surface area contributed by atoms with Gasteiger partial charge in [0.25, 0.3) is 5.91 Å². The fourth-order valence-electron chi connectivity index (χ4n) is 2.52. The van der Waals surface area contributed by atoms with Gasteiger partial charge in [-0.05, 0) is 17.0 Å². The third-order valence-corrected chi connectivity index (χ3v) is 3.79. The lowest BCUT2D eigenvalue weighted by Crippen LogP contribution is -2.30. The highest BCUT2D eigenvalue weighted by molar-refractivity contribution is 5.88. The summed E-state index contributed by atoms with van der Waals surface area (Å²) < 4.78 is 5.75. The summed E-state index contributed by atoms with van der Waals surface area (Å²) in [7, 11) is 1.79. The second-order valence-corrected chi connectivity index (χ2v) is 5.50. The zero-order valence-electron chi connectivity index (χ0n) is 13.1. The van der Waals surface area contributed by atoms with Crippen LogP contribution in [0.15, 0.2) is 72.8 Å². The highest BCUT2D eigenvalue weighted by atomic mass is 16.5. The molecule has 23 heavy (non-hydrogen) atoms. The summed E-state index contributed by atoms with van der Waals surface area (Å²) in [4.78, 5) is 13.9. The van der Waals surface area contributed by atoms with Gasteiger partial charge < -0.3 is 9.64 Å². The number of hydrogen-bond donors (Lipinski definition) is 0. The van der Waals surface area contributed by atoms with Crippen molar-refractivity contribution in [2.75, 3.05) is 13.7 Å². The number of carbonyl (C=O) groups is 1. The molecule has 0 aliphatic heterocycles. The molecule has 3 aromatic rings. The van der Waals surface area contributed by atoms with E-state index in [1.807, 2.05) is 72.8 Å². The van der Waals surface area contributed by atoms with Crippen molar-refractivity contribution in [1.29, 1.82) is 0 Å². The summed E-state index contributed by atoms with van der Waals surface area (Å²) >= 11 is 0. The van der Waals surface area contributed by atoms with E-state index in [0.29, 0.717) is 6.54 Å². The van der Waals surface area contributed by atoms with Crippen molar-refractivity contribution in [3.05, 3.63) is 78.4 Å². The van der Waals surface area contributed by atoms with Crippen LogP contribution in [0.4, 0.5) is 0 Å². The van der Waals surface area contributed by atoms with Gasteiger partial charge in [-0.3, -0.25) is 4.79 Å². The molecular weight excluding hydrogens is 286 g/mol. The zero-order valence-corrected chi connectivity index (χ0v) is 13.1. The van der Waals surface area contributed by atoms with Crippen molar-refractivity contribution in [3.8, 4) is 5.75 Å². The van der Waals surface area contributed by atoms with E-state index < -0.39 is 0 Å². The Morgan fingerprint density at radius 3 is 2.43 bits per heavy atom. The minimum atomic E-state index is -0.0400. The Morgan fingerprint density at radius 1 is 0.913 bits per heavy atom. The largest absolute Gasteiger partial charge is 0.483 e. The molecule has 3 nitrogen and oxygen atoms in total. The van der Waals surface area contributed by atoms with Crippen molar-refractivity contribution in [1.82, 2.24) is 4.90 Å². The van der Waals surface area contributed by atoms with Gasteiger partial charge in [-0.15, -0.1) is 0 Å². The molecule has 0 radical (unpaired) electrons. The SMILES string of the molecule is CN(Cc1ccccc1)C(=O)COc1cccc2ccccc12. The maximum absolute atomic E-state index is 12.3. The Morgan fingerprint density at radius 2 is 1.61 bits per heavy atom. The maximum atomic E-state index is 12.3. The molecule has 0 saturated carbocycles. The van der Waals surface area contributed by atoms with Crippen molar-refractivity contribution in [3.63, 3.8) is 0 Å². The normalized spacial score (nSPS) is 10.5. The van der Waals surface area contributed by atoms with Gasteiger partial charge in [-0.2, -0.15) is 0 Å². The van der Waals surface area contributed by atoms with Crippen molar-refractivity contribution >= 4 is 16.7 Å². The average molecular weight is 305 g/mol. The molecule has 0 aliphatic rings. The van der Waals surface area contributed by atoms with E-state index in [1.165, 1.54) is 0 Å². The van der Waals surface area contributed by atoms with Crippen LogP contribution >= 0.6 is 0 Å². The first-order valence-electron chi connectivity index (χ1n) is 7.62. The monoisotopic (exact) mass is 305 g/mol. The van der Waals surface area contributed by atoms with E-state index in [2.05, 4.69) is 0 Å². The Balaban J connectivity index is 1.64. The van der Waals surface area contributed by atoms with Crippen LogP contribution in [0.5, 0.6) is 5.75 Å². The summed E-state index contributed by atoms with van der Waals surface area (Å²) in [5, 5.41) is 2.13. The first-order chi connectivity index (χ1) is 11.2. The molecule has 116 valence electrons. The van der Waals surface area contributed by atoms with Crippen LogP contribution in [-0.2, 0) is 11.3 Å². The average Bonchev–Trinajstić information content (AvgIpc) is 2.60. The molecular formula is C20H19NO2. The molecule has 3 rings (SSSR count). The van der Waals surface area contributed by atoms with Crippen LogP contribution in [0.25, 0.3) is 10.8 Å². The van der Waals surface area contributed by atoms with Gasteiger partial charge in [0.05, 0.1) is 0 Å². The quantitative estimate of drug-likeness (QED) is 0.716. The predicted octanol–water partition coefficient (Wildman–Crippen LogP) is 3.88. The van der Waals surface area contributed by atoms with E-state index >= 15 is 0 Å². The fraction of sp³-hybridized carbons (Fsp3) is 0.150. The van der Waals surface area contributed by atoms with E-state index in [4.69, 9.17) is 4.74 Å². The molecule has 3 aromatic carbocycles. The molecule has 0 fully saturated rings. The first kappa shape index (κ1) is 15.1. The summed E-state index contributed by atoms with van der Waals surface area (Å²) in [5.74, 6) is 0.700. The van der Waals surface area contributed by atoms with Crippen LogP contribution in [0.3, 0.4) is 0 Å². The highest BCUT2D eigenvalue weighted by Gasteiger charge is 2.11. The van der Waals surface area contributed by atoms with Crippen LogP contribution in [0.2, 0.25) is 0 Å². The van der Waals surface area contributed by atoms with Gasteiger partial charge in [0, 0.05) is 19.0 Å². The molecule has 3 heteroatoms. The van der Waals surface area contributed by atoms with Gasteiger partial charge in [-0.1, -0.05) is 66.7 Å². The minimum absolute atomic E-state index is 0.0390. The second kappa shape index (κ2) is 6.97. The standard InChI is InChI=1S/C20H19NO2/c1-21(14-16-8-3-2-4-9-16)20(22)15-23-19-13-7-11-17-10-5-6-12-18(17)19/h2-13H,14-15H2,1H3. The number of hydrogen-bond acceptors (Lipinski definition) is 2. The molecule has 0 bridgehead atoms. The number of likely N-dealkylation sites (N-methyl/N-ethyl adjacent to an activating group) is 1. The lowest BCUT2D eigenvalue weighted by molar-refractivity contribution is -0.132. The number of amides is 1. The smallest absolute Gasteiger partial charge is 0.260 e. The Hall–Kier alpha value is -2.81. The lowest BCUT2D eigenvalue weighted by atomic mass is 10.1. The molecule has 0 aliphatic carbocycles. The molecule has 0 spiro atoms. The predicted molar refractivity (Wildman–Crippen MR) is 92.4 cm³/mol. The summed E-state index contributed by atoms with van der Waals surface area (Å²) in [6.45, 7) is 0.621. The van der Waals surface area contributed by atoms with E-state index in [-0.39, 0.29) is 12.5 Å². The van der Waals surface area contributed by atoms with E-state index in [9.17, 15) is 4.79 Å². The van der Waals surface area contributed by atoms with Crippen LogP contribution in [-0.4, -0.2) is 24.5 Å². The molecule has 0 heterocycles. The van der Waals surface area contributed by atoms with Crippen molar-refractivity contribution in [2.45, 2.75) is 6.54 Å². The van der Waals surface area contributed by atoms with E-state index in [1.54, 1.807) is 11.9 Å². The topological polar surface area (TPSA) is 29.5 Å². The van der Waals surface area contributed by atoms with Crippen molar-refractivity contribution < 1.29 is 9.53 Å². The molecule has 0 N–H and O–H groups in total. The maximum Gasteiger partial charge on any atom is 0.260 e. The molecule has 0 unspecified atom stereocenters. The summed E-state index contributed by atoms with van der Waals surface area (Å²) in [6, 6.07) is 23.8. The summed E-state index contributed by atoms with van der Waals surface area (Å²) in [5.41, 5.74) is 1.11. The third kappa shape index (κ3) is 3.69. The molecule has 0 saturated heterocycles. The van der Waals surface area contributed by atoms with Crippen molar-refractivity contribution in [2.24, 2.45) is 0 Å². The number of nitrogens with zero attached hydrogens (tertiary/aromatic N) is 1. The number of ether oxygens (including phenoxy) is 1. The first-order valence-corrected chi connectivity index (χ1v) is 7.62. The molecule has 0 atom stereocenters. The second-order valence-electron chi connectivity index (χ2n) is 5.50.